The van der Waals surface area contributed by atoms with Crippen molar-refractivity contribution >= 4 is 11.9 Å². The van der Waals surface area contributed by atoms with E-state index < -0.39 is 0 Å². The zero-order valence-corrected chi connectivity index (χ0v) is 10.3. The smallest absolute Gasteiger partial charge is 0.334 e. The number of urea groups is 1. The molecule has 0 bridgehead atoms. The molecule has 1 saturated heterocycles. The molecule has 98 valence electrons. The van der Waals surface area contributed by atoms with Crippen molar-refractivity contribution in [1.29, 1.82) is 0 Å². The lowest BCUT2D eigenvalue weighted by atomic mass is 10.3. The molecule has 0 aliphatic carbocycles. The summed E-state index contributed by atoms with van der Waals surface area (Å²) in [6.07, 6.45) is 0.781. The van der Waals surface area contributed by atoms with Crippen molar-refractivity contribution in [2.24, 2.45) is 5.84 Å². The number of hydrogen-bond donors (Lipinski definition) is 2. The monoisotopic (exact) mass is 244 g/mol. The number of amides is 3. The number of hydrogen-bond acceptors (Lipinski definition) is 4. The molecule has 7 nitrogen and oxygen atoms in total. The Morgan fingerprint density at radius 2 is 2.29 bits per heavy atom. The Bertz CT molecular complexity index is 285. The van der Waals surface area contributed by atoms with Gasteiger partial charge in [-0.3, -0.25) is 9.80 Å². The predicted molar refractivity (Wildman–Crippen MR) is 62.0 cm³/mol. The van der Waals surface area contributed by atoms with E-state index in [2.05, 4.69) is 5.32 Å². The summed E-state index contributed by atoms with van der Waals surface area (Å²) in [7, 11) is 1.57. The van der Waals surface area contributed by atoms with Gasteiger partial charge in [0.2, 0.25) is 5.91 Å². The average Bonchev–Trinajstić information content (AvgIpc) is 2.25. The molecular weight excluding hydrogens is 224 g/mol. The van der Waals surface area contributed by atoms with E-state index in [4.69, 9.17) is 10.6 Å². The van der Waals surface area contributed by atoms with Crippen molar-refractivity contribution in [3.8, 4) is 0 Å². The number of methoxy groups -OCH3 is 1. The van der Waals surface area contributed by atoms with Crippen LogP contribution in [0.25, 0.3) is 0 Å². The Hall–Kier alpha value is -1.34. The molecule has 0 aromatic carbocycles. The van der Waals surface area contributed by atoms with Crippen molar-refractivity contribution in [2.75, 3.05) is 33.4 Å². The number of carbonyl (C=O) groups is 2. The zero-order chi connectivity index (χ0) is 12.8. The topological polar surface area (TPSA) is 87.9 Å². The molecule has 1 atom stereocenters. The first-order valence-corrected chi connectivity index (χ1v) is 5.64. The summed E-state index contributed by atoms with van der Waals surface area (Å²) < 4.78 is 4.91. The van der Waals surface area contributed by atoms with E-state index in [1.165, 1.54) is 4.90 Å². The number of hydrazine groups is 1. The van der Waals surface area contributed by atoms with E-state index in [-0.39, 0.29) is 24.5 Å². The molecule has 1 heterocycles. The highest BCUT2D eigenvalue weighted by Gasteiger charge is 2.25. The van der Waals surface area contributed by atoms with E-state index in [0.717, 1.165) is 11.4 Å². The van der Waals surface area contributed by atoms with Crippen molar-refractivity contribution < 1.29 is 14.3 Å². The first-order chi connectivity index (χ1) is 8.04. The molecule has 3 N–H and O–H groups in total. The first-order valence-electron chi connectivity index (χ1n) is 5.64. The fraction of sp³-hybridized carbons (Fsp3) is 0.800. The van der Waals surface area contributed by atoms with Crippen LogP contribution in [0, 0.1) is 0 Å². The highest BCUT2D eigenvalue weighted by molar-refractivity contribution is 5.84. The standard InChI is InChI=1S/C10H20N4O3/c1-8(7-17-2)12-9(15)6-13-4-3-5-14(11)10(13)16/h8H,3-7,11H2,1-2H3,(H,12,15). The Morgan fingerprint density at radius 3 is 2.94 bits per heavy atom. The van der Waals surface area contributed by atoms with Gasteiger partial charge in [0.25, 0.3) is 0 Å². The minimum atomic E-state index is -0.300. The lowest BCUT2D eigenvalue weighted by Gasteiger charge is -2.32. The van der Waals surface area contributed by atoms with Crippen LogP contribution >= 0.6 is 0 Å². The summed E-state index contributed by atoms with van der Waals surface area (Å²) in [4.78, 5) is 24.7. The summed E-state index contributed by atoms with van der Waals surface area (Å²) in [6.45, 7) is 3.44. The maximum Gasteiger partial charge on any atom is 0.334 e. The van der Waals surface area contributed by atoms with Crippen LogP contribution in [0.15, 0.2) is 0 Å². The molecule has 0 spiro atoms. The average molecular weight is 244 g/mol. The second-order valence-electron chi connectivity index (χ2n) is 4.17. The maximum absolute atomic E-state index is 11.6. The van der Waals surface area contributed by atoms with Gasteiger partial charge in [-0.2, -0.15) is 0 Å². The van der Waals surface area contributed by atoms with Crippen molar-refractivity contribution in [1.82, 2.24) is 15.2 Å². The molecular formula is C10H20N4O3. The molecule has 0 aromatic rings. The molecule has 17 heavy (non-hydrogen) atoms. The largest absolute Gasteiger partial charge is 0.383 e. The van der Waals surface area contributed by atoms with Crippen molar-refractivity contribution in [3.05, 3.63) is 0 Å². The van der Waals surface area contributed by atoms with Gasteiger partial charge < -0.3 is 15.0 Å². The Labute approximate surface area is 101 Å². The van der Waals surface area contributed by atoms with Crippen LogP contribution in [0.2, 0.25) is 0 Å². The third-order valence-corrected chi connectivity index (χ3v) is 2.50. The number of nitrogens with one attached hydrogen (secondary N) is 1. The summed E-state index contributed by atoms with van der Waals surface area (Å²) >= 11 is 0. The highest BCUT2D eigenvalue weighted by Crippen LogP contribution is 2.04. The molecule has 1 rings (SSSR count). The van der Waals surface area contributed by atoms with Gasteiger partial charge >= 0.3 is 6.03 Å². The molecule has 7 heteroatoms. The molecule has 3 amide bonds. The molecule has 0 saturated carbocycles. The second kappa shape index (κ2) is 6.41. The Morgan fingerprint density at radius 1 is 1.59 bits per heavy atom. The van der Waals surface area contributed by atoms with Gasteiger partial charge in [0.1, 0.15) is 6.54 Å². The molecule has 1 unspecified atom stereocenters. The SMILES string of the molecule is COCC(C)NC(=O)CN1CCCN(N)C1=O. The van der Waals surface area contributed by atoms with Crippen LogP contribution in [-0.4, -0.2) is 61.2 Å². The predicted octanol–water partition coefficient (Wildman–Crippen LogP) is -0.861. The Balaban J connectivity index is 2.37. The molecule has 1 aliphatic heterocycles. The second-order valence-corrected chi connectivity index (χ2v) is 4.17. The molecule has 1 fully saturated rings. The quantitative estimate of drug-likeness (QED) is 0.486. The lowest BCUT2D eigenvalue weighted by molar-refractivity contribution is -0.122. The van der Waals surface area contributed by atoms with Gasteiger partial charge in [-0.1, -0.05) is 0 Å². The normalized spacial score (nSPS) is 18.2. The summed E-state index contributed by atoms with van der Waals surface area (Å²) in [5.74, 6) is 5.29. The van der Waals surface area contributed by atoms with E-state index >= 15 is 0 Å². The summed E-state index contributed by atoms with van der Waals surface area (Å²) in [5.41, 5.74) is 0. The van der Waals surface area contributed by atoms with Crippen LogP contribution in [-0.2, 0) is 9.53 Å². The molecule has 0 radical (unpaired) electrons. The van der Waals surface area contributed by atoms with Crippen LogP contribution in [0.1, 0.15) is 13.3 Å². The van der Waals surface area contributed by atoms with Crippen LogP contribution in [0.4, 0.5) is 4.79 Å². The lowest BCUT2D eigenvalue weighted by Crippen LogP contribution is -2.55. The Kier molecular flexibility index (Phi) is 5.17. The maximum atomic E-state index is 11.6. The van der Waals surface area contributed by atoms with Crippen molar-refractivity contribution in [3.63, 3.8) is 0 Å². The van der Waals surface area contributed by atoms with Crippen LogP contribution in [0.5, 0.6) is 0 Å². The zero-order valence-electron chi connectivity index (χ0n) is 10.3. The number of rotatable bonds is 5. The van der Waals surface area contributed by atoms with Gasteiger partial charge in [-0.25, -0.2) is 10.6 Å². The van der Waals surface area contributed by atoms with E-state index in [9.17, 15) is 9.59 Å². The third-order valence-electron chi connectivity index (χ3n) is 2.50. The number of nitrogens with two attached hydrogens (primary N) is 1. The minimum absolute atomic E-state index is 0.0422. The van der Waals surface area contributed by atoms with Gasteiger partial charge in [0, 0.05) is 26.2 Å². The van der Waals surface area contributed by atoms with Gasteiger partial charge in [-0.05, 0) is 13.3 Å². The van der Waals surface area contributed by atoms with Crippen molar-refractivity contribution in [2.45, 2.75) is 19.4 Å². The summed E-state index contributed by atoms with van der Waals surface area (Å²) in [5, 5.41) is 3.88. The van der Waals surface area contributed by atoms with E-state index in [0.29, 0.717) is 19.7 Å². The number of nitrogens with zero attached hydrogens (tertiary/aromatic N) is 2. The van der Waals surface area contributed by atoms with Crippen LogP contribution < -0.4 is 11.2 Å². The van der Waals surface area contributed by atoms with Gasteiger partial charge in [0.15, 0.2) is 0 Å². The third kappa shape index (κ3) is 4.20. The van der Waals surface area contributed by atoms with Crippen LogP contribution in [0.3, 0.4) is 0 Å². The number of ether oxygens (including phenoxy) is 1. The van der Waals surface area contributed by atoms with E-state index in [1.807, 2.05) is 6.92 Å². The fourth-order valence-corrected chi connectivity index (χ4v) is 1.74. The van der Waals surface area contributed by atoms with Gasteiger partial charge in [-0.15, -0.1) is 0 Å². The fourth-order valence-electron chi connectivity index (χ4n) is 1.74. The number of carbonyl (C=O) groups excluding carboxylic acids is 2. The summed E-state index contributed by atoms with van der Waals surface area (Å²) in [6, 6.07) is -0.368. The highest BCUT2D eigenvalue weighted by atomic mass is 16.5. The molecule has 1 aliphatic rings. The first kappa shape index (κ1) is 13.7. The minimum Gasteiger partial charge on any atom is -0.383 e. The van der Waals surface area contributed by atoms with Gasteiger partial charge in [0.05, 0.1) is 6.61 Å². The molecule has 0 aromatic heterocycles. The van der Waals surface area contributed by atoms with E-state index in [1.54, 1.807) is 7.11 Å².